The van der Waals surface area contributed by atoms with Crippen LogP contribution in [0.25, 0.3) is 22.0 Å². The third-order valence-electron chi connectivity index (χ3n) is 4.56. The van der Waals surface area contributed by atoms with Crippen LogP contribution < -0.4 is 10.3 Å². The molecule has 0 saturated carbocycles. The second kappa shape index (κ2) is 10.1. The second-order valence-corrected chi connectivity index (χ2v) is 6.63. The first kappa shape index (κ1) is 22.3. The molecule has 0 bridgehead atoms. The Morgan fingerprint density at radius 1 is 1.12 bits per heavy atom. The molecule has 0 spiro atoms. The van der Waals surface area contributed by atoms with Crippen molar-refractivity contribution in [1.82, 2.24) is 9.55 Å². The van der Waals surface area contributed by atoms with E-state index in [0.29, 0.717) is 46.6 Å². The average molecular weight is 435 g/mol. The van der Waals surface area contributed by atoms with Crippen LogP contribution in [0.15, 0.2) is 71.8 Å². The van der Waals surface area contributed by atoms with E-state index in [9.17, 15) is 19.7 Å². The van der Waals surface area contributed by atoms with E-state index in [0.717, 1.165) is 0 Å². The molecule has 0 aliphatic rings. The van der Waals surface area contributed by atoms with Gasteiger partial charge in [0.15, 0.2) is 0 Å². The van der Waals surface area contributed by atoms with Crippen LogP contribution in [-0.4, -0.2) is 27.6 Å². The maximum absolute atomic E-state index is 12.3. The highest BCUT2D eigenvalue weighted by Gasteiger charge is 2.18. The zero-order chi connectivity index (χ0) is 23.1. The number of nitrogens with zero attached hydrogens (tertiary/aromatic N) is 2. The van der Waals surface area contributed by atoms with Gasteiger partial charge in [-0.25, -0.2) is 0 Å². The number of para-hydroxylation sites is 1. The van der Waals surface area contributed by atoms with E-state index in [4.69, 9.17) is 4.74 Å². The molecule has 4 aromatic rings. The smallest absolute Gasteiger partial charge is 0.293 e. The maximum Gasteiger partial charge on any atom is 0.293 e. The van der Waals surface area contributed by atoms with Gasteiger partial charge in [0.25, 0.3) is 17.7 Å². The summed E-state index contributed by atoms with van der Waals surface area (Å²) in [5.74, 6) is 1.08. The minimum absolute atomic E-state index is 0.0528. The molecule has 0 aliphatic carbocycles. The Kier molecular flexibility index (Phi) is 7.02. The summed E-state index contributed by atoms with van der Waals surface area (Å²) in [6.07, 6.45) is 3.33. The summed E-state index contributed by atoms with van der Waals surface area (Å²) >= 11 is 0. The van der Waals surface area contributed by atoms with Crippen molar-refractivity contribution in [3.63, 3.8) is 0 Å². The van der Waals surface area contributed by atoms with Crippen molar-refractivity contribution in [2.45, 2.75) is 6.92 Å². The zero-order valence-electron chi connectivity index (χ0n) is 17.5. The van der Waals surface area contributed by atoms with Crippen molar-refractivity contribution in [2.75, 3.05) is 6.61 Å². The van der Waals surface area contributed by atoms with Crippen LogP contribution in [0.1, 0.15) is 6.92 Å². The third kappa shape index (κ3) is 4.84. The SMILES string of the molecule is CCOC=O.Cn1cc(-c2cc([N+](=O)[O-])ccc2Oc2ccccc2)c2cc[nH]c2c1=O. The molecule has 2 aromatic carbocycles. The summed E-state index contributed by atoms with van der Waals surface area (Å²) in [6, 6.07) is 15.4. The predicted octanol–water partition coefficient (Wildman–Crippen LogP) is 4.41. The Hall–Kier alpha value is -4.40. The number of aromatic amines is 1. The number of carbonyl (C=O) groups is 1. The highest BCUT2D eigenvalue weighted by molar-refractivity contribution is 5.96. The van der Waals surface area contributed by atoms with Crippen LogP contribution in [0.5, 0.6) is 11.5 Å². The van der Waals surface area contributed by atoms with Crippen molar-refractivity contribution < 1.29 is 19.2 Å². The van der Waals surface area contributed by atoms with Crippen molar-refractivity contribution in [3.05, 3.63) is 87.5 Å². The number of nitro benzene ring substituents is 1. The molecule has 0 radical (unpaired) electrons. The number of fused-ring (bicyclic) bond motifs is 1. The number of pyridine rings is 1. The van der Waals surface area contributed by atoms with Crippen molar-refractivity contribution in [2.24, 2.45) is 7.05 Å². The Morgan fingerprint density at radius 3 is 2.50 bits per heavy atom. The number of nitro groups is 1. The van der Waals surface area contributed by atoms with Gasteiger partial charge < -0.3 is 19.0 Å². The molecule has 0 saturated heterocycles. The first-order valence-electron chi connectivity index (χ1n) is 9.70. The molecule has 0 aliphatic heterocycles. The summed E-state index contributed by atoms with van der Waals surface area (Å²) in [4.78, 5) is 35.3. The monoisotopic (exact) mass is 435 g/mol. The van der Waals surface area contributed by atoms with Gasteiger partial charge in [-0.05, 0) is 31.2 Å². The molecule has 0 fully saturated rings. The van der Waals surface area contributed by atoms with Gasteiger partial charge in [0.2, 0.25) is 0 Å². The molecule has 32 heavy (non-hydrogen) atoms. The molecule has 9 nitrogen and oxygen atoms in total. The molecular weight excluding hydrogens is 414 g/mol. The van der Waals surface area contributed by atoms with Gasteiger partial charge in [0.05, 0.1) is 11.5 Å². The number of hydrogen-bond acceptors (Lipinski definition) is 6. The van der Waals surface area contributed by atoms with E-state index < -0.39 is 4.92 Å². The summed E-state index contributed by atoms with van der Waals surface area (Å²) < 4.78 is 11.6. The first-order chi connectivity index (χ1) is 15.5. The Balaban J connectivity index is 0.000000523. The Labute approximate surface area is 183 Å². The number of non-ortho nitro benzene ring substituents is 1. The molecule has 2 aromatic heterocycles. The molecule has 0 amide bonds. The number of H-pyrrole nitrogens is 1. The maximum atomic E-state index is 12.3. The fourth-order valence-corrected chi connectivity index (χ4v) is 3.10. The lowest BCUT2D eigenvalue weighted by molar-refractivity contribution is -0.384. The van der Waals surface area contributed by atoms with Crippen LogP contribution in [0.3, 0.4) is 0 Å². The quantitative estimate of drug-likeness (QED) is 0.272. The fourth-order valence-electron chi connectivity index (χ4n) is 3.10. The van der Waals surface area contributed by atoms with E-state index in [1.807, 2.05) is 18.2 Å². The minimum atomic E-state index is -0.452. The van der Waals surface area contributed by atoms with Crippen LogP contribution in [0, 0.1) is 10.1 Å². The molecule has 4 rings (SSSR count). The largest absolute Gasteiger partial charge is 0.468 e. The third-order valence-corrected chi connectivity index (χ3v) is 4.56. The standard InChI is InChI=1S/C20H15N3O4.C3H6O2/c1-22-12-17(15-9-10-21-19(15)20(22)24)16-11-13(23(25)26)7-8-18(16)27-14-5-3-2-4-6-14;1-2-5-3-4/h2-12,21H,1H3;3H,2H2,1H3. The summed E-state index contributed by atoms with van der Waals surface area (Å²) in [6.45, 7) is 2.66. The number of nitrogens with one attached hydrogen (secondary N) is 1. The number of aryl methyl sites for hydroxylation is 1. The van der Waals surface area contributed by atoms with Crippen molar-refractivity contribution >= 4 is 23.1 Å². The van der Waals surface area contributed by atoms with Crippen LogP contribution >= 0.6 is 0 Å². The summed E-state index contributed by atoms with van der Waals surface area (Å²) in [5.41, 5.74) is 1.42. The van der Waals surface area contributed by atoms with E-state index in [-0.39, 0.29) is 11.2 Å². The molecule has 164 valence electrons. The zero-order valence-corrected chi connectivity index (χ0v) is 17.5. The van der Waals surface area contributed by atoms with E-state index in [2.05, 4.69) is 9.72 Å². The number of benzene rings is 2. The molecule has 9 heteroatoms. The molecule has 0 atom stereocenters. The van der Waals surface area contributed by atoms with Gasteiger partial charge in [-0.3, -0.25) is 19.7 Å². The average Bonchev–Trinajstić information content (AvgIpc) is 3.28. The van der Waals surface area contributed by atoms with Gasteiger partial charge in [0, 0.05) is 48.1 Å². The van der Waals surface area contributed by atoms with E-state index in [1.165, 1.54) is 16.7 Å². The topological polar surface area (TPSA) is 116 Å². The van der Waals surface area contributed by atoms with Gasteiger partial charge in [-0.15, -0.1) is 0 Å². The number of aromatic nitrogens is 2. The fraction of sp³-hybridized carbons (Fsp3) is 0.130. The summed E-state index contributed by atoms with van der Waals surface area (Å²) in [5, 5.41) is 12.0. The second-order valence-electron chi connectivity index (χ2n) is 6.63. The number of carbonyl (C=O) groups excluding carboxylic acids is 1. The molecular formula is C23H21N3O6. The highest BCUT2D eigenvalue weighted by Crippen LogP contribution is 2.38. The normalized spacial score (nSPS) is 10.2. The van der Waals surface area contributed by atoms with Crippen LogP contribution in [-0.2, 0) is 16.6 Å². The van der Waals surface area contributed by atoms with E-state index in [1.54, 1.807) is 50.6 Å². The van der Waals surface area contributed by atoms with Gasteiger partial charge in [-0.1, -0.05) is 18.2 Å². The Morgan fingerprint density at radius 2 is 1.88 bits per heavy atom. The Bertz CT molecular complexity index is 1290. The molecule has 0 unspecified atom stereocenters. The lowest BCUT2D eigenvalue weighted by atomic mass is 10.0. The van der Waals surface area contributed by atoms with E-state index >= 15 is 0 Å². The number of rotatable bonds is 6. The predicted molar refractivity (Wildman–Crippen MR) is 120 cm³/mol. The van der Waals surface area contributed by atoms with Crippen LogP contribution in [0.2, 0.25) is 0 Å². The molecule has 1 N–H and O–H groups in total. The first-order valence-corrected chi connectivity index (χ1v) is 9.70. The highest BCUT2D eigenvalue weighted by atomic mass is 16.6. The minimum Gasteiger partial charge on any atom is -0.468 e. The van der Waals surface area contributed by atoms with Crippen molar-refractivity contribution in [3.8, 4) is 22.6 Å². The lowest BCUT2D eigenvalue weighted by Gasteiger charge is -2.13. The molecule has 2 heterocycles. The number of hydrogen-bond donors (Lipinski definition) is 1. The van der Waals surface area contributed by atoms with Crippen LogP contribution in [0.4, 0.5) is 5.69 Å². The van der Waals surface area contributed by atoms with Gasteiger partial charge >= 0.3 is 0 Å². The van der Waals surface area contributed by atoms with Gasteiger partial charge in [-0.2, -0.15) is 0 Å². The summed E-state index contributed by atoms with van der Waals surface area (Å²) in [7, 11) is 1.64. The van der Waals surface area contributed by atoms with Crippen molar-refractivity contribution in [1.29, 1.82) is 0 Å². The van der Waals surface area contributed by atoms with Gasteiger partial charge in [0.1, 0.15) is 17.0 Å². The number of ether oxygens (including phenoxy) is 2. The lowest BCUT2D eigenvalue weighted by Crippen LogP contribution is -2.16.